The molecule has 4 atom stereocenters. The molecule has 3 aliphatic rings. The SMILES string of the molecule is O=C(NC1CC(=O)N(Cc2cccc(-c3cccc([C@@H]4O[C@H](CN5CCC(n6c(=O)[nH]c7ccccc76)CC5)C[C@H](c5ccc(CO)cc5)O4)c3)c2)C1=O)OCc1ccccc1. The maximum atomic E-state index is 13.3. The van der Waals surface area contributed by atoms with Gasteiger partial charge in [0.1, 0.15) is 12.6 Å². The highest BCUT2D eigenvalue weighted by atomic mass is 16.7. The van der Waals surface area contributed by atoms with Gasteiger partial charge in [-0.25, -0.2) is 9.59 Å². The summed E-state index contributed by atoms with van der Waals surface area (Å²) in [5, 5.41) is 12.2. The fourth-order valence-electron chi connectivity index (χ4n) is 8.88. The van der Waals surface area contributed by atoms with E-state index >= 15 is 0 Å². The van der Waals surface area contributed by atoms with E-state index in [4.69, 9.17) is 14.2 Å². The largest absolute Gasteiger partial charge is 0.445 e. The minimum atomic E-state index is -0.996. The zero-order chi connectivity index (χ0) is 42.6. The quantitative estimate of drug-likeness (QED) is 0.111. The lowest BCUT2D eigenvalue weighted by molar-refractivity contribution is -0.253. The molecule has 3 saturated heterocycles. The fraction of sp³-hybridized carbons (Fsp3) is 0.306. The van der Waals surface area contributed by atoms with E-state index in [9.17, 15) is 24.3 Å². The Morgan fingerprint density at radius 3 is 2.29 bits per heavy atom. The van der Waals surface area contributed by atoms with Crippen molar-refractivity contribution in [2.45, 2.75) is 76.0 Å². The second-order valence-corrected chi connectivity index (χ2v) is 16.3. The topological polar surface area (TPSA) is 155 Å². The average molecular weight is 836 g/mol. The number of piperidine rings is 1. The number of hydrogen-bond donors (Lipinski definition) is 3. The molecule has 6 aromatic rings. The summed E-state index contributed by atoms with van der Waals surface area (Å²) in [5.41, 5.74) is 7.80. The number of imide groups is 1. The molecule has 5 aromatic carbocycles. The summed E-state index contributed by atoms with van der Waals surface area (Å²) in [4.78, 5) is 58.4. The van der Waals surface area contributed by atoms with Crippen molar-refractivity contribution in [3.63, 3.8) is 0 Å². The number of rotatable bonds is 12. The second-order valence-electron chi connectivity index (χ2n) is 16.3. The van der Waals surface area contributed by atoms with Gasteiger partial charge in [-0.15, -0.1) is 0 Å². The number of amides is 3. The molecule has 3 N–H and O–H groups in total. The number of H-pyrrole nitrogens is 1. The van der Waals surface area contributed by atoms with E-state index in [0.29, 0.717) is 13.0 Å². The third kappa shape index (κ3) is 9.12. The number of carbonyl (C=O) groups is 3. The first-order valence-corrected chi connectivity index (χ1v) is 21.2. The lowest BCUT2D eigenvalue weighted by atomic mass is 9.97. The van der Waals surface area contributed by atoms with Crippen molar-refractivity contribution in [2.24, 2.45) is 0 Å². The number of nitrogens with one attached hydrogen (secondary N) is 2. The maximum absolute atomic E-state index is 13.3. The van der Waals surface area contributed by atoms with Gasteiger partial charge in [0.15, 0.2) is 6.29 Å². The molecule has 13 heteroatoms. The van der Waals surface area contributed by atoms with E-state index in [2.05, 4.69) is 21.3 Å². The average Bonchev–Trinajstić information content (AvgIpc) is 3.78. The smallest absolute Gasteiger partial charge is 0.408 e. The van der Waals surface area contributed by atoms with Gasteiger partial charge in [0.05, 0.1) is 42.8 Å². The second kappa shape index (κ2) is 18.3. The molecule has 3 fully saturated rings. The highest BCUT2D eigenvalue weighted by Crippen LogP contribution is 2.40. The Kier molecular flexibility index (Phi) is 12.1. The third-order valence-corrected chi connectivity index (χ3v) is 12.1. The Hall–Kier alpha value is -6.38. The van der Waals surface area contributed by atoms with Crippen molar-refractivity contribution in [1.29, 1.82) is 0 Å². The molecule has 1 unspecified atom stereocenters. The Morgan fingerprint density at radius 1 is 0.774 bits per heavy atom. The van der Waals surface area contributed by atoms with Crippen LogP contribution in [0.2, 0.25) is 0 Å². The van der Waals surface area contributed by atoms with E-state index < -0.39 is 24.3 Å². The number of benzene rings is 5. The summed E-state index contributed by atoms with van der Waals surface area (Å²) in [6, 6.07) is 39.8. The van der Waals surface area contributed by atoms with Crippen LogP contribution in [0.4, 0.5) is 4.79 Å². The Morgan fingerprint density at radius 2 is 1.50 bits per heavy atom. The number of alkyl carbamates (subject to hydrolysis) is 1. The van der Waals surface area contributed by atoms with Crippen LogP contribution >= 0.6 is 0 Å². The van der Waals surface area contributed by atoms with Crippen LogP contribution in [0.1, 0.15) is 71.9 Å². The predicted molar refractivity (Wildman–Crippen MR) is 231 cm³/mol. The Balaban J connectivity index is 0.872. The van der Waals surface area contributed by atoms with Crippen molar-refractivity contribution in [3.8, 4) is 11.1 Å². The van der Waals surface area contributed by atoms with Crippen LogP contribution in [-0.4, -0.2) is 74.1 Å². The minimum Gasteiger partial charge on any atom is -0.445 e. The molecule has 0 saturated carbocycles. The van der Waals surface area contributed by atoms with E-state index in [1.54, 1.807) is 0 Å². The molecule has 0 bridgehead atoms. The van der Waals surface area contributed by atoms with Crippen LogP contribution in [0, 0.1) is 0 Å². The highest BCUT2D eigenvalue weighted by Gasteiger charge is 2.40. The molecule has 3 aliphatic heterocycles. The first-order valence-electron chi connectivity index (χ1n) is 21.2. The molecule has 0 aliphatic carbocycles. The number of aromatic amines is 1. The van der Waals surface area contributed by atoms with Crippen LogP contribution in [0.15, 0.2) is 132 Å². The highest BCUT2D eigenvalue weighted by molar-refractivity contribution is 6.06. The summed E-state index contributed by atoms with van der Waals surface area (Å²) in [7, 11) is 0. The zero-order valence-electron chi connectivity index (χ0n) is 34.2. The van der Waals surface area contributed by atoms with Crippen LogP contribution in [0.3, 0.4) is 0 Å². The molecule has 62 heavy (non-hydrogen) atoms. The lowest BCUT2D eigenvalue weighted by Crippen LogP contribution is -2.43. The first-order chi connectivity index (χ1) is 30.3. The monoisotopic (exact) mass is 835 g/mol. The van der Waals surface area contributed by atoms with Gasteiger partial charge in [-0.05, 0) is 70.5 Å². The number of fused-ring (bicyclic) bond motifs is 1. The van der Waals surface area contributed by atoms with Gasteiger partial charge >= 0.3 is 11.8 Å². The third-order valence-electron chi connectivity index (χ3n) is 12.1. The van der Waals surface area contributed by atoms with Gasteiger partial charge in [0, 0.05) is 37.7 Å². The number of carbonyl (C=O) groups excluding carboxylic acids is 3. The number of imidazole rings is 1. The molecule has 4 heterocycles. The summed E-state index contributed by atoms with van der Waals surface area (Å²) in [5.74, 6) is -0.846. The van der Waals surface area contributed by atoms with Gasteiger partial charge in [0.2, 0.25) is 5.91 Å². The van der Waals surface area contributed by atoms with Crippen LogP contribution in [-0.2, 0) is 43.6 Å². The standard InChI is InChI=1S/C49H49N5O8/c55-30-32-16-18-35(19-17-32)44-26-40(29-52-22-20-39(21-23-52)54-43-15-5-4-14-41(43)50-48(54)58)61-47(62-44)38-13-7-12-37(25-38)36-11-6-10-34(24-36)28-53-45(56)27-42(46(53)57)51-49(59)60-31-33-8-2-1-3-9-33/h1-19,24-25,39-40,42,44,47,55H,20-23,26-31H2,(H,50,58)(H,51,59)/t40-,42?,44+,47+/m0/s1. The number of nitrogens with zero attached hydrogens (tertiary/aromatic N) is 3. The number of hydrogen-bond acceptors (Lipinski definition) is 9. The van der Waals surface area contributed by atoms with Crippen molar-refractivity contribution in [2.75, 3.05) is 19.6 Å². The first kappa shape index (κ1) is 41.0. The van der Waals surface area contributed by atoms with Gasteiger partial charge < -0.3 is 34.5 Å². The molecule has 0 radical (unpaired) electrons. The van der Waals surface area contributed by atoms with E-state index in [1.807, 2.05) is 126 Å². The summed E-state index contributed by atoms with van der Waals surface area (Å²) in [6.45, 7) is 2.44. The number of aliphatic hydroxyl groups is 1. The normalized spacial score (nSPS) is 21.1. The molecule has 0 spiro atoms. The summed E-state index contributed by atoms with van der Waals surface area (Å²) < 4.78 is 20.7. The molecular weight excluding hydrogens is 787 g/mol. The Bertz CT molecular complexity index is 2600. The molecule has 13 nitrogen and oxygen atoms in total. The van der Waals surface area contributed by atoms with Crippen molar-refractivity contribution < 1.29 is 33.7 Å². The van der Waals surface area contributed by atoms with Gasteiger partial charge in [-0.1, -0.05) is 103 Å². The number of para-hydroxylation sites is 2. The van der Waals surface area contributed by atoms with E-state index in [0.717, 1.165) is 75.9 Å². The van der Waals surface area contributed by atoms with Crippen molar-refractivity contribution >= 4 is 28.9 Å². The number of likely N-dealkylation sites (tertiary alicyclic amines) is 2. The van der Waals surface area contributed by atoms with E-state index in [-0.39, 0.29) is 56.0 Å². The minimum absolute atomic E-state index is 0.0385. The fourth-order valence-corrected chi connectivity index (χ4v) is 8.88. The van der Waals surface area contributed by atoms with Crippen LogP contribution in [0.5, 0.6) is 0 Å². The number of aromatic nitrogens is 2. The summed E-state index contributed by atoms with van der Waals surface area (Å²) in [6.07, 6.45) is 0.401. The summed E-state index contributed by atoms with van der Waals surface area (Å²) >= 11 is 0. The van der Waals surface area contributed by atoms with E-state index in [1.165, 1.54) is 4.90 Å². The lowest BCUT2D eigenvalue weighted by Gasteiger charge is -2.40. The van der Waals surface area contributed by atoms with Crippen LogP contribution in [0.25, 0.3) is 22.2 Å². The van der Waals surface area contributed by atoms with Crippen LogP contribution < -0.4 is 11.0 Å². The van der Waals surface area contributed by atoms with Gasteiger partial charge in [0.25, 0.3) is 5.91 Å². The zero-order valence-corrected chi connectivity index (χ0v) is 34.2. The molecule has 318 valence electrons. The molecule has 1 aromatic heterocycles. The van der Waals surface area contributed by atoms with Gasteiger partial charge in [-0.2, -0.15) is 0 Å². The van der Waals surface area contributed by atoms with Crippen molar-refractivity contribution in [3.05, 3.63) is 166 Å². The molecule has 3 amide bonds. The molecule has 9 rings (SSSR count). The maximum Gasteiger partial charge on any atom is 0.408 e. The number of aliphatic hydroxyl groups excluding tert-OH is 1. The number of ether oxygens (including phenoxy) is 3. The molecular formula is C49H49N5O8. The predicted octanol–water partition coefficient (Wildman–Crippen LogP) is 6.93. The Labute approximate surface area is 358 Å². The van der Waals surface area contributed by atoms with Crippen molar-refractivity contribution in [1.82, 2.24) is 24.7 Å². The van der Waals surface area contributed by atoms with Gasteiger partial charge in [-0.3, -0.25) is 19.1 Å².